The van der Waals surface area contributed by atoms with Crippen LogP contribution in [0.2, 0.25) is 0 Å². The minimum absolute atomic E-state index is 0.0503. The summed E-state index contributed by atoms with van der Waals surface area (Å²) < 4.78 is 26.0. The lowest BCUT2D eigenvalue weighted by Crippen LogP contribution is -2.34. The van der Waals surface area contributed by atoms with Crippen molar-refractivity contribution in [1.29, 1.82) is 0 Å². The number of amides is 2. The smallest absolute Gasteiger partial charge is 0.319 e. The quantitative estimate of drug-likeness (QED) is 0.791. The van der Waals surface area contributed by atoms with E-state index in [0.29, 0.717) is 17.1 Å². The van der Waals surface area contributed by atoms with Gasteiger partial charge in [0, 0.05) is 29.2 Å². The van der Waals surface area contributed by atoms with Crippen LogP contribution < -0.4 is 16.0 Å². The number of rotatable bonds is 4. The molecule has 0 saturated heterocycles. The van der Waals surface area contributed by atoms with Crippen molar-refractivity contribution in [3.63, 3.8) is 0 Å². The van der Waals surface area contributed by atoms with Crippen molar-refractivity contribution in [1.82, 2.24) is 5.32 Å². The fraction of sp³-hybridized carbons (Fsp3) is 0.188. The standard InChI is InChI=1S/C16H17F2N3O/c1-10(2)19-16(22)21-12-5-3-11(4-6-12)20-13-7-8-14(17)15(18)9-13/h3-10,20H,1-2H3,(H2,19,21,22). The minimum atomic E-state index is -0.909. The molecule has 2 aromatic rings. The van der Waals surface area contributed by atoms with Crippen LogP contribution >= 0.6 is 0 Å². The van der Waals surface area contributed by atoms with Crippen LogP contribution in [0.25, 0.3) is 0 Å². The molecule has 2 aromatic carbocycles. The molecule has 3 N–H and O–H groups in total. The Morgan fingerprint density at radius 2 is 1.50 bits per heavy atom. The fourth-order valence-electron chi connectivity index (χ4n) is 1.81. The van der Waals surface area contributed by atoms with E-state index in [0.717, 1.165) is 12.1 Å². The highest BCUT2D eigenvalue weighted by Gasteiger charge is 2.05. The lowest BCUT2D eigenvalue weighted by atomic mass is 10.2. The van der Waals surface area contributed by atoms with Crippen LogP contribution in [0.4, 0.5) is 30.6 Å². The first kappa shape index (κ1) is 15.8. The van der Waals surface area contributed by atoms with E-state index in [9.17, 15) is 13.6 Å². The van der Waals surface area contributed by atoms with Crippen molar-refractivity contribution in [2.45, 2.75) is 19.9 Å². The molecule has 0 heterocycles. The van der Waals surface area contributed by atoms with Gasteiger partial charge in [-0.1, -0.05) is 0 Å². The molecule has 4 nitrogen and oxygen atoms in total. The zero-order chi connectivity index (χ0) is 16.1. The Hall–Kier alpha value is -2.63. The average Bonchev–Trinajstić information content (AvgIpc) is 2.44. The Balaban J connectivity index is 1.99. The van der Waals surface area contributed by atoms with Gasteiger partial charge in [-0.25, -0.2) is 13.6 Å². The van der Waals surface area contributed by atoms with E-state index in [2.05, 4.69) is 16.0 Å². The zero-order valence-electron chi connectivity index (χ0n) is 12.3. The maximum Gasteiger partial charge on any atom is 0.319 e. The van der Waals surface area contributed by atoms with Gasteiger partial charge in [0.25, 0.3) is 0 Å². The van der Waals surface area contributed by atoms with Gasteiger partial charge < -0.3 is 16.0 Å². The molecule has 0 fully saturated rings. The van der Waals surface area contributed by atoms with Gasteiger partial charge in [0.05, 0.1) is 0 Å². The number of hydrogen-bond donors (Lipinski definition) is 3. The summed E-state index contributed by atoms with van der Waals surface area (Å²) in [5, 5.41) is 8.36. The highest BCUT2D eigenvalue weighted by Crippen LogP contribution is 2.20. The van der Waals surface area contributed by atoms with Gasteiger partial charge in [0.2, 0.25) is 0 Å². The summed E-state index contributed by atoms with van der Waals surface area (Å²) in [6, 6.07) is 10.2. The zero-order valence-corrected chi connectivity index (χ0v) is 12.3. The van der Waals surface area contributed by atoms with Gasteiger partial charge in [-0.15, -0.1) is 0 Å². The largest absolute Gasteiger partial charge is 0.355 e. The first-order chi connectivity index (χ1) is 10.4. The lowest BCUT2D eigenvalue weighted by Gasteiger charge is -2.11. The molecule has 0 spiro atoms. The van der Waals surface area contributed by atoms with Crippen LogP contribution in [-0.2, 0) is 0 Å². The van der Waals surface area contributed by atoms with E-state index < -0.39 is 11.6 Å². The summed E-state index contributed by atoms with van der Waals surface area (Å²) in [5.41, 5.74) is 1.77. The molecular formula is C16H17F2N3O. The molecule has 0 atom stereocenters. The van der Waals surface area contributed by atoms with Crippen LogP contribution in [0.15, 0.2) is 42.5 Å². The summed E-state index contributed by atoms with van der Waals surface area (Å²) >= 11 is 0. The highest BCUT2D eigenvalue weighted by molar-refractivity contribution is 5.89. The van der Waals surface area contributed by atoms with E-state index in [1.165, 1.54) is 6.07 Å². The van der Waals surface area contributed by atoms with E-state index >= 15 is 0 Å². The van der Waals surface area contributed by atoms with Crippen molar-refractivity contribution in [3.05, 3.63) is 54.1 Å². The lowest BCUT2D eigenvalue weighted by molar-refractivity contribution is 0.250. The van der Waals surface area contributed by atoms with Crippen LogP contribution in [0, 0.1) is 11.6 Å². The highest BCUT2D eigenvalue weighted by atomic mass is 19.2. The van der Waals surface area contributed by atoms with E-state index in [1.54, 1.807) is 24.3 Å². The average molecular weight is 305 g/mol. The topological polar surface area (TPSA) is 53.2 Å². The molecule has 0 aliphatic heterocycles. The second-order valence-corrected chi connectivity index (χ2v) is 5.08. The maximum atomic E-state index is 13.1. The van der Waals surface area contributed by atoms with Crippen molar-refractivity contribution in [3.8, 4) is 0 Å². The predicted molar refractivity (Wildman–Crippen MR) is 83.4 cm³/mol. The number of carbonyl (C=O) groups excluding carboxylic acids is 1. The number of urea groups is 1. The molecule has 22 heavy (non-hydrogen) atoms. The molecule has 6 heteroatoms. The summed E-state index contributed by atoms with van der Waals surface area (Å²) in [6.45, 7) is 3.74. The molecule has 0 radical (unpaired) electrons. The molecule has 116 valence electrons. The van der Waals surface area contributed by atoms with Gasteiger partial charge in [0.15, 0.2) is 11.6 Å². The van der Waals surface area contributed by atoms with Crippen LogP contribution in [0.3, 0.4) is 0 Å². The van der Waals surface area contributed by atoms with Gasteiger partial charge in [-0.05, 0) is 50.2 Å². The summed E-state index contributed by atoms with van der Waals surface area (Å²) in [6.07, 6.45) is 0. The number of halogens is 2. The normalized spacial score (nSPS) is 10.4. The third-order valence-electron chi connectivity index (χ3n) is 2.77. The third kappa shape index (κ3) is 4.44. The second kappa shape index (κ2) is 6.89. The van der Waals surface area contributed by atoms with E-state index in [-0.39, 0.29) is 12.1 Å². The summed E-state index contributed by atoms with van der Waals surface area (Å²) in [5.74, 6) is -1.80. The Morgan fingerprint density at radius 1 is 0.909 bits per heavy atom. The van der Waals surface area contributed by atoms with Crippen molar-refractivity contribution >= 4 is 23.1 Å². The van der Waals surface area contributed by atoms with E-state index in [4.69, 9.17) is 0 Å². The van der Waals surface area contributed by atoms with Gasteiger partial charge >= 0.3 is 6.03 Å². The number of carbonyl (C=O) groups is 1. The van der Waals surface area contributed by atoms with E-state index in [1.807, 2.05) is 13.8 Å². The van der Waals surface area contributed by atoms with Crippen LogP contribution in [-0.4, -0.2) is 12.1 Å². The molecule has 0 aromatic heterocycles. The van der Waals surface area contributed by atoms with Crippen molar-refractivity contribution in [2.24, 2.45) is 0 Å². The Kier molecular flexibility index (Phi) is 4.93. The van der Waals surface area contributed by atoms with Gasteiger partial charge in [-0.2, -0.15) is 0 Å². The Labute approximate surface area is 127 Å². The molecule has 2 amide bonds. The first-order valence-electron chi connectivity index (χ1n) is 6.83. The number of anilines is 3. The molecule has 2 rings (SSSR count). The van der Waals surface area contributed by atoms with Crippen LogP contribution in [0.1, 0.15) is 13.8 Å². The third-order valence-corrected chi connectivity index (χ3v) is 2.77. The number of hydrogen-bond acceptors (Lipinski definition) is 2. The van der Waals surface area contributed by atoms with Crippen molar-refractivity contribution in [2.75, 3.05) is 10.6 Å². The number of benzene rings is 2. The van der Waals surface area contributed by atoms with Crippen molar-refractivity contribution < 1.29 is 13.6 Å². The van der Waals surface area contributed by atoms with Gasteiger partial charge in [0.1, 0.15) is 0 Å². The fourth-order valence-corrected chi connectivity index (χ4v) is 1.81. The summed E-state index contributed by atoms with van der Waals surface area (Å²) in [7, 11) is 0. The minimum Gasteiger partial charge on any atom is -0.355 e. The molecule has 0 aliphatic carbocycles. The molecule has 0 unspecified atom stereocenters. The molecule has 0 bridgehead atoms. The van der Waals surface area contributed by atoms with Gasteiger partial charge in [-0.3, -0.25) is 0 Å². The maximum absolute atomic E-state index is 13.1. The number of nitrogens with one attached hydrogen (secondary N) is 3. The first-order valence-corrected chi connectivity index (χ1v) is 6.83. The van der Waals surface area contributed by atoms with Crippen LogP contribution in [0.5, 0.6) is 0 Å². The second-order valence-electron chi connectivity index (χ2n) is 5.08. The predicted octanol–water partition coefficient (Wildman–Crippen LogP) is 4.24. The molecular weight excluding hydrogens is 288 g/mol. The molecule has 0 aliphatic rings. The molecule has 0 saturated carbocycles. The Morgan fingerprint density at radius 3 is 2.09 bits per heavy atom. The monoisotopic (exact) mass is 305 g/mol. The Bertz CT molecular complexity index is 657. The summed E-state index contributed by atoms with van der Waals surface area (Å²) in [4.78, 5) is 11.6. The SMILES string of the molecule is CC(C)NC(=O)Nc1ccc(Nc2ccc(F)c(F)c2)cc1.